The smallest absolute Gasteiger partial charge is 0.251 e. The maximum atomic E-state index is 11.9. The number of amides is 1. The van der Waals surface area contributed by atoms with E-state index >= 15 is 0 Å². The maximum Gasteiger partial charge on any atom is 0.251 e. The SMILES string of the molecule is CCCCOCCNC(=O)c1ccc2c(c1)CNC2. The highest BCUT2D eigenvalue weighted by Gasteiger charge is 2.12. The largest absolute Gasteiger partial charge is 0.380 e. The van der Waals surface area contributed by atoms with Crippen molar-refractivity contribution in [3.05, 3.63) is 34.9 Å². The zero-order valence-corrected chi connectivity index (χ0v) is 11.5. The van der Waals surface area contributed by atoms with Crippen molar-refractivity contribution in [1.29, 1.82) is 0 Å². The summed E-state index contributed by atoms with van der Waals surface area (Å²) in [5.74, 6) is -0.0196. The van der Waals surface area contributed by atoms with Crippen molar-refractivity contribution in [2.75, 3.05) is 19.8 Å². The lowest BCUT2D eigenvalue weighted by Gasteiger charge is -2.07. The molecule has 2 N–H and O–H groups in total. The maximum absolute atomic E-state index is 11.9. The van der Waals surface area contributed by atoms with E-state index in [-0.39, 0.29) is 5.91 Å². The molecule has 4 heteroatoms. The van der Waals surface area contributed by atoms with Crippen LogP contribution in [0.3, 0.4) is 0 Å². The molecule has 19 heavy (non-hydrogen) atoms. The first-order chi connectivity index (χ1) is 9.31. The van der Waals surface area contributed by atoms with Crippen LogP contribution in [-0.4, -0.2) is 25.7 Å². The highest BCUT2D eigenvalue weighted by atomic mass is 16.5. The van der Waals surface area contributed by atoms with Crippen LogP contribution >= 0.6 is 0 Å². The molecule has 1 aliphatic rings. The highest BCUT2D eigenvalue weighted by Crippen LogP contribution is 2.16. The van der Waals surface area contributed by atoms with Crippen LogP contribution in [0.25, 0.3) is 0 Å². The molecule has 1 aromatic rings. The fraction of sp³-hybridized carbons (Fsp3) is 0.533. The van der Waals surface area contributed by atoms with E-state index in [1.165, 1.54) is 11.1 Å². The van der Waals surface area contributed by atoms with Crippen molar-refractivity contribution >= 4 is 5.91 Å². The van der Waals surface area contributed by atoms with E-state index in [1.807, 2.05) is 18.2 Å². The number of fused-ring (bicyclic) bond motifs is 1. The first kappa shape index (κ1) is 14.0. The van der Waals surface area contributed by atoms with Gasteiger partial charge in [-0.3, -0.25) is 4.79 Å². The molecule has 4 nitrogen and oxygen atoms in total. The Hall–Kier alpha value is -1.39. The Kier molecular flexibility index (Phi) is 5.36. The number of rotatable bonds is 7. The normalized spacial score (nSPS) is 13.3. The molecule has 0 aromatic heterocycles. The van der Waals surface area contributed by atoms with Gasteiger partial charge in [-0.1, -0.05) is 19.4 Å². The third kappa shape index (κ3) is 4.04. The number of benzene rings is 1. The molecule has 0 fully saturated rings. The number of carbonyl (C=O) groups is 1. The topological polar surface area (TPSA) is 50.4 Å². The molecule has 1 amide bonds. The molecule has 0 bridgehead atoms. The second-order valence-electron chi connectivity index (χ2n) is 4.81. The van der Waals surface area contributed by atoms with Crippen molar-refractivity contribution in [3.8, 4) is 0 Å². The highest BCUT2D eigenvalue weighted by molar-refractivity contribution is 5.94. The predicted molar refractivity (Wildman–Crippen MR) is 75.0 cm³/mol. The van der Waals surface area contributed by atoms with Crippen molar-refractivity contribution < 1.29 is 9.53 Å². The summed E-state index contributed by atoms with van der Waals surface area (Å²) in [6.07, 6.45) is 2.21. The minimum atomic E-state index is -0.0196. The number of ether oxygens (including phenoxy) is 1. The van der Waals surface area contributed by atoms with Crippen molar-refractivity contribution in [2.45, 2.75) is 32.9 Å². The van der Waals surface area contributed by atoms with E-state index in [4.69, 9.17) is 4.74 Å². The Balaban J connectivity index is 1.74. The lowest BCUT2D eigenvalue weighted by atomic mass is 10.1. The van der Waals surface area contributed by atoms with Crippen LogP contribution in [0.1, 0.15) is 41.3 Å². The van der Waals surface area contributed by atoms with Gasteiger partial charge in [-0.2, -0.15) is 0 Å². The van der Waals surface area contributed by atoms with Gasteiger partial charge in [-0.25, -0.2) is 0 Å². The summed E-state index contributed by atoms with van der Waals surface area (Å²) in [5.41, 5.74) is 3.25. The average molecular weight is 262 g/mol. The Morgan fingerprint density at radius 3 is 3.00 bits per heavy atom. The molecule has 2 rings (SSSR count). The van der Waals surface area contributed by atoms with Crippen LogP contribution in [0, 0.1) is 0 Å². The lowest BCUT2D eigenvalue weighted by molar-refractivity contribution is 0.0912. The third-order valence-corrected chi connectivity index (χ3v) is 3.27. The second kappa shape index (κ2) is 7.26. The van der Waals surface area contributed by atoms with E-state index in [0.29, 0.717) is 13.2 Å². The molecule has 1 heterocycles. The van der Waals surface area contributed by atoms with Gasteiger partial charge >= 0.3 is 0 Å². The number of hydrogen-bond donors (Lipinski definition) is 2. The van der Waals surface area contributed by atoms with Gasteiger partial charge in [-0.05, 0) is 29.7 Å². The fourth-order valence-electron chi connectivity index (χ4n) is 2.12. The summed E-state index contributed by atoms with van der Waals surface area (Å²) >= 11 is 0. The summed E-state index contributed by atoms with van der Waals surface area (Å²) in [5, 5.41) is 6.16. The Morgan fingerprint density at radius 1 is 1.32 bits per heavy atom. The zero-order valence-electron chi connectivity index (χ0n) is 11.5. The van der Waals surface area contributed by atoms with Gasteiger partial charge in [-0.15, -0.1) is 0 Å². The van der Waals surface area contributed by atoms with Crippen LogP contribution in [0.2, 0.25) is 0 Å². The van der Waals surface area contributed by atoms with Gasteiger partial charge < -0.3 is 15.4 Å². The van der Waals surface area contributed by atoms with Crippen LogP contribution < -0.4 is 10.6 Å². The first-order valence-corrected chi connectivity index (χ1v) is 6.99. The Bertz CT molecular complexity index is 432. The number of hydrogen-bond acceptors (Lipinski definition) is 3. The van der Waals surface area contributed by atoms with E-state index in [1.54, 1.807) is 0 Å². The monoisotopic (exact) mass is 262 g/mol. The molecule has 0 atom stereocenters. The molecule has 0 radical (unpaired) electrons. The van der Waals surface area contributed by atoms with Crippen LogP contribution in [0.5, 0.6) is 0 Å². The average Bonchev–Trinajstić information content (AvgIpc) is 2.89. The minimum absolute atomic E-state index is 0.0196. The quantitative estimate of drug-likeness (QED) is 0.737. The van der Waals surface area contributed by atoms with E-state index in [9.17, 15) is 4.79 Å². The van der Waals surface area contributed by atoms with Gasteiger partial charge in [0.2, 0.25) is 0 Å². The molecular formula is C15H22N2O2. The third-order valence-electron chi connectivity index (χ3n) is 3.27. The van der Waals surface area contributed by atoms with Crippen LogP contribution in [0.15, 0.2) is 18.2 Å². The predicted octanol–water partition coefficient (Wildman–Crippen LogP) is 1.84. The lowest BCUT2D eigenvalue weighted by Crippen LogP contribution is -2.27. The van der Waals surface area contributed by atoms with Crippen LogP contribution in [-0.2, 0) is 17.8 Å². The van der Waals surface area contributed by atoms with Crippen molar-refractivity contribution in [2.24, 2.45) is 0 Å². The van der Waals surface area contributed by atoms with E-state index in [0.717, 1.165) is 38.1 Å². The Morgan fingerprint density at radius 2 is 2.16 bits per heavy atom. The number of carbonyl (C=O) groups excluding carboxylic acids is 1. The molecule has 0 unspecified atom stereocenters. The Labute approximate surface area is 114 Å². The summed E-state index contributed by atoms with van der Waals surface area (Å²) in [4.78, 5) is 11.9. The molecule has 0 spiro atoms. The minimum Gasteiger partial charge on any atom is -0.380 e. The summed E-state index contributed by atoms with van der Waals surface area (Å²) in [6.45, 7) is 5.82. The fourth-order valence-corrected chi connectivity index (χ4v) is 2.12. The number of unbranched alkanes of at least 4 members (excludes halogenated alkanes) is 1. The van der Waals surface area contributed by atoms with Gasteiger partial charge in [0.05, 0.1) is 6.61 Å². The van der Waals surface area contributed by atoms with Gasteiger partial charge in [0, 0.05) is 31.8 Å². The standard InChI is InChI=1S/C15H22N2O2/c1-2-3-7-19-8-6-17-15(18)12-4-5-13-10-16-11-14(13)9-12/h4-5,9,16H,2-3,6-8,10-11H2,1H3,(H,17,18). The summed E-state index contributed by atoms with van der Waals surface area (Å²) < 4.78 is 5.41. The van der Waals surface area contributed by atoms with Gasteiger partial charge in [0.1, 0.15) is 0 Å². The summed E-state index contributed by atoms with van der Waals surface area (Å²) in [6, 6.07) is 5.89. The van der Waals surface area contributed by atoms with Gasteiger partial charge in [0.15, 0.2) is 0 Å². The molecule has 0 saturated carbocycles. The number of nitrogens with one attached hydrogen (secondary N) is 2. The zero-order chi connectivity index (χ0) is 13.5. The molecule has 1 aliphatic heterocycles. The van der Waals surface area contributed by atoms with E-state index < -0.39 is 0 Å². The second-order valence-corrected chi connectivity index (χ2v) is 4.81. The van der Waals surface area contributed by atoms with E-state index in [2.05, 4.69) is 17.6 Å². The molecule has 0 saturated heterocycles. The van der Waals surface area contributed by atoms with Crippen molar-refractivity contribution in [3.63, 3.8) is 0 Å². The van der Waals surface area contributed by atoms with Gasteiger partial charge in [0.25, 0.3) is 5.91 Å². The molecular weight excluding hydrogens is 240 g/mol. The molecule has 1 aromatic carbocycles. The van der Waals surface area contributed by atoms with Crippen molar-refractivity contribution in [1.82, 2.24) is 10.6 Å². The van der Waals surface area contributed by atoms with Crippen LogP contribution in [0.4, 0.5) is 0 Å². The molecule has 104 valence electrons. The molecule has 0 aliphatic carbocycles. The first-order valence-electron chi connectivity index (χ1n) is 6.99. The summed E-state index contributed by atoms with van der Waals surface area (Å²) in [7, 11) is 0.